The van der Waals surface area contributed by atoms with Crippen LogP contribution in [0.25, 0.3) is 0 Å². The zero-order chi connectivity index (χ0) is 10.9. The van der Waals surface area contributed by atoms with E-state index in [1.54, 1.807) is 0 Å². The maximum Gasteiger partial charge on any atom is 0.0122 e. The van der Waals surface area contributed by atoms with Crippen LogP contribution in [0.5, 0.6) is 0 Å². The second-order valence-corrected chi connectivity index (χ2v) is 4.72. The maximum atomic E-state index is 5.43. The lowest BCUT2D eigenvalue weighted by molar-refractivity contribution is 0.370. The summed E-state index contributed by atoms with van der Waals surface area (Å²) in [5.74, 6) is 0. The number of hydrogen-bond donors (Lipinski definition) is 2. The van der Waals surface area contributed by atoms with Gasteiger partial charge in [0.15, 0.2) is 0 Å². The van der Waals surface area contributed by atoms with E-state index in [1.807, 2.05) is 0 Å². The summed E-state index contributed by atoms with van der Waals surface area (Å²) in [6.07, 6.45) is 7.66. The highest BCUT2D eigenvalue weighted by Crippen LogP contribution is 2.07. The quantitative estimate of drug-likeness (QED) is 0.562. The molecule has 0 radical (unpaired) electrons. The molecule has 0 aromatic heterocycles. The molecule has 0 rings (SSSR count). The van der Waals surface area contributed by atoms with Gasteiger partial charge in [0.25, 0.3) is 0 Å². The molecule has 0 saturated heterocycles. The molecule has 0 aromatic carbocycles. The molecular formula is C12H28N2. The van der Waals surface area contributed by atoms with E-state index in [-0.39, 0.29) is 0 Å². The third-order valence-corrected chi connectivity index (χ3v) is 2.87. The van der Waals surface area contributed by atoms with Gasteiger partial charge in [0, 0.05) is 5.54 Å². The zero-order valence-electron chi connectivity index (χ0n) is 10.2. The Bertz CT molecular complexity index is 121. The van der Waals surface area contributed by atoms with Crippen molar-refractivity contribution in [2.45, 2.75) is 64.8 Å². The second kappa shape index (κ2) is 8.25. The predicted molar refractivity (Wildman–Crippen MR) is 64.5 cm³/mol. The monoisotopic (exact) mass is 200 g/mol. The average Bonchev–Trinajstić information content (AvgIpc) is 2.16. The Morgan fingerprint density at radius 3 is 2.14 bits per heavy atom. The van der Waals surface area contributed by atoms with Crippen LogP contribution in [0.4, 0.5) is 0 Å². The Balaban J connectivity index is 3.13. The van der Waals surface area contributed by atoms with Crippen molar-refractivity contribution in [3.05, 3.63) is 0 Å². The van der Waals surface area contributed by atoms with Crippen molar-refractivity contribution in [2.24, 2.45) is 5.73 Å². The lowest BCUT2D eigenvalue weighted by Gasteiger charge is -2.24. The fourth-order valence-electron chi connectivity index (χ4n) is 1.35. The van der Waals surface area contributed by atoms with Crippen molar-refractivity contribution in [1.82, 2.24) is 5.32 Å². The van der Waals surface area contributed by atoms with Crippen LogP contribution in [-0.2, 0) is 0 Å². The van der Waals surface area contributed by atoms with Crippen molar-refractivity contribution >= 4 is 0 Å². The summed E-state index contributed by atoms with van der Waals surface area (Å²) in [5, 5.41) is 3.57. The lowest BCUT2D eigenvalue weighted by atomic mass is 10.0. The van der Waals surface area contributed by atoms with Gasteiger partial charge in [-0.15, -0.1) is 0 Å². The zero-order valence-corrected chi connectivity index (χ0v) is 10.2. The third-order valence-electron chi connectivity index (χ3n) is 2.87. The van der Waals surface area contributed by atoms with Crippen LogP contribution in [0.1, 0.15) is 59.3 Å². The minimum Gasteiger partial charge on any atom is -0.330 e. The Morgan fingerprint density at radius 1 is 1.00 bits per heavy atom. The van der Waals surface area contributed by atoms with E-state index in [4.69, 9.17) is 5.73 Å². The molecule has 0 atom stereocenters. The van der Waals surface area contributed by atoms with E-state index in [0.29, 0.717) is 5.54 Å². The first-order chi connectivity index (χ1) is 6.62. The molecule has 0 aliphatic heterocycles. The Morgan fingerprint density at radius 2 is 1.57 bits per heavy atom. The first kappa shape index (κ1) is 13.9. The van der Waals surface area contributed by atoms with Crippen LogP contribution >= 0.6 is 0 Å². The molecule has 0 unspecified atom stereocenters. The standard InChI is InChI=1S/C12H28N2/c1-4-12(2,3)14-11-9-7-5-6-8-10-13/h14H,4-11,13H2,1-3H3. The Kier molecular flexibility index (Phi) is 8.20. The minimum absolute atomic E-state index is 0.317. The highest BCUT2D eigenvalue weighted by molar-refractivity contribution is 4.74. The van der Waals surface area contributed by atoms with Gasteiger partial charge in [-0.2, -0.15) is 0 Å². The first-order valence-electron chi connectivity index (χ1n) is 6.07. The molecule has 0 aliphatic rings. The normalized spacial score (nSPS) is 12.0. The van der Waals surface area contributed by atoms with Gasteiger partial charge in [-0.1, -0.05) is 26.2 Å². The van der Waals surface area contributed by atoms with Crippen LogP contribution in [0.3, 0.4) is 0 Å². The molecule has 0 fully saturated rings. The molecule has 2 heteroatoms. The van der Waals surface area contributed by atoms with Gasteiger partial charge >= 0.3 is 0 Å². The molecule has 3 N–H and O–H groups in total. The summed E-state index contributed by atoms with van der Waals surface area (Å²) >= 11 is 0. The highest BCUT2D eigenvalue weighted by Gasteiger charge is 2.12. The van der Waals surface area contributed by atoms with Crippen LogP contribution in [0.2, 0.25) is 0 Å². The van der Waals surface area contributed by atoms with E-state index in [2.05, 4.69) is 26.1 Å². The SMILES string of the molecule is CCC(C)(C)NCCCCCCCN. The average molecular weight is 200 g/mol. The van der Waals surface area contributed by atoms with Gasteiger partial charge < -0.3 is 11.1 Å². The molecule has 0 heterocycles. The van der Waals surface area contributed by atoms with Crippen LogP contribution in [0.15, 0.2) is 0 Å². The Hall–Kier alpha value is -0.0800. The van der Waals surface area contributed by atoms with Crippen LogP contribution in [0, 0.1) is 0 Å². The molecule has 0 spiro atoms. The van der Waals surface area contributed by atoms with E-state index >= 15 is 0 Å². The largest absolute Gasteiger partial charge is 0.330 e. The first-order valence-corrected chi connectivity index (χ1v) is 6.07. The van der Waals surface area contributed by atoms with Crippen molar-refractivity contribution in [1.29, 1.82) is 0 Å². The van der Waals surface area contributed by atoms with Gasteiger partial charge in [-0.25, -0.2) is 0 Å². The summed E-state index contributed by atoms with van der Waals surface area (Å²) in [4.78, 5) is 0. The van der Waals surface area contributed by atoms with Crippen molar-refractivity contribution < 1.29 is 0 Å². The molecule has 0 saturated carbocycles. The van der Waals surface area contributed by atoms with Gasteiger partial charge in [0.05, 0.1) is 0 Å². The molecule has 2 nitrogen and oxygen atoms in total. The van der Waals surface area contributed by atoms with Crippen LogP contribution in [-0.4, -0.2) is 18.6 Å². The molecule has 0 amide bonds. The highest BCUT2D eigenvalue weighted by atomic mass is 14.9. The minimum atomic E-state index is 0.317. The summed E-state index contributed by atoms with van der Waals surface area (Å²) in [6, 6.07) is 0. The summed E-state index contributed by atoms with van der Waals surface area (Å²) < 4.78 is 0. The van der Waals surface area contributed by atoms with Crippen LogP contribution < -0.4 is 11.1 Å². The molecule has 0 aliphatic carbocycles. The van der Waals surface area contributed by atoms with E-state index in [1.165, 1.54) is 38.5 Å². The lowest BCUT2D eigenvalue weighted by Crippen LogP contribution is -2.38. The second-order valence-electron chi connectivity index (χ2n) is 4.72. The number of rotatable bonds is 9. The number of nitrogens with one attached hydrogen (secondary N) is 1. The molecular weight excluding hydrogens is 172 g/mol. The third kappa shape index (κ3) is 8.52. The van der Waals surface area contributed by atoms with E-state index < -0.39 is 0 Å². The smallest absolute Gasteiger partial charge is 0.0122 e. The summed E-state index contributed by atoms with van der Waals surface area (Å²) in [6.45, 7) is 8.77. The number of hydrogen-bond acceptors (Lipinski definition) is 2. The van der Waals surface area contributed by atoms with Gasteiger partial charge in [0.1, 0.15) is 0 Å². The van der Waals surface area contributed by atoms with E-state index in [0.717, 1.165) is 13.1 Å². The topological polar surface area (TPSA) is 38.0 Å². The molecule has 0 bridgehead atoms. The van der Waals surface area contributed by atoms with Crippen molar-refractivity contribution in [3.8, 4) is 0 Å². The van der Waals surface area contributed by atoms with Gasteiger partial charge in [0.2, 0.25) is 0 Å². The molecule has 86 valence electrons. The van der Waals surface area contributed by atoms with Crippen molar-refractivity contribution in [3.63, 3.8) is 0 Å². The summed E-state index contributed by atoms with van der Waals surface area (Å²) in [5.41, 5.74) is 5.75. The predicted octanol–water partition coefficient (Wildman–Crippen LogP) is 2.67. The fourth-order valence-corrected chi connectivity index (χ4v) is 1.35. The van der Waals surface area contributed by atoms with Crippen molar-refractivity contribution in [2.75, 3.05) is 13.1 Å². The van der Waals surface area contributed by atoms with Gasteiger partial charge in [-0.3, -0.25) is 0 Å². The fraction of sp³-hybridized carbons (Fsp3) is 1.00. The van der Waals surface area contributed by atoms with Gasteiger partial charge in [-0.05, 0) is 46.2 Å². The molecule has 0 aromatic rings. The van der Waals surface area contributed by atoms with E-state index in [9.17, 15) is 0 Å². The maximum absolute atomic E-state index is 5.43. The number of nitrogens with two attached hydrogens (primary N) is 1. The number of unbranched alkanes of at least 4 members (excludes halogenated alkanes) is 4. The summed E-state index contributed by atoms with van der Waals surface area (Å²) in [7, 11) is 0. The molecule has 14 heavy (non-hydrogen) atoms. The Labute approximate surface area is 89.6 Å².